The summed E-state index contributed by atoms with van der Waals surface area (Å²) in [6.45, 7) is 4.70. The van der Waals surface area contributed by atoms with E-state index >= 15 is 0 Å². The molecule has 1 aromatic rings. The van der Waals surface area contributed by atoms with Gasteiger partial charge in [-0.05, 0) is 30.5 Å². The molecule has 0 bridgehead atoms. The highest BCUT2D eigenvalue weighted by Crippen LogP contribution is 2.21. The summed E-state index contributed by atoms with van der Waals surface area (Å²) in [5.74, 6) is -0.100. The van der Waals surface area contributed by atoms with E-state index in [1.807, 2.05) is 30.1 Å². The number of amides is 2. The second-order valence-corrected chi connectivity index (χ2v) is 6.11. The first kappa shape index (κ1) is 16.4. The van der Waals surface area contributed by atoms with E-state index in [0.29, 0.717) is 30.9 Å². The summed E-state index contributed by atoms with van der Waals surface area (Å²) in [5, 5.41) is 2.37. The summed E-state index contributed by atoms with van der Waals surface area (Å²) in [4.78, 5) is 36.3. The Kier molecular flexibility index (Phi) is 5.08. The van der Waals surface area contributed by atoms with Crippen LogP contribution in [0.15, 0.2) is 18.2 Å². The zero-order chi connectivity index (χ0) is 16.3. The van der Waals surface area contributed by atoms with E-state index in [9.17, 15) is 14.4 Å². The SMILES string of the molecule is CC(C)c1ccc(C=O)c(CN(C)C2CCC(=O)NC2=O)c1. The van der Waals surface area contributed by atoms with E-state index in [0.717, 1.165) is 17.4 Å². The molecule has 5 nitrogen and oxygen atoms in total. The van der Waals surface area contributed by atoms with Crippen molar-refractivity contribution in [1.29, 1.82) is 0 Å². The Morgan fingerprint density at radius 3 is 2.68 bits per heavy atom. The van der Waals surface area contributed by atoms with Gasteiger partial charge >= 0.3 is 0 Å². The fourth-order valence-electron chi connectivity index (χ4n) is 2.72. The second kappa shape index (κ2) is 6.83. The van der Waals surface area contributed by atoms with Crippen LogP contribution < -0.4 is 5.32 Å². The highest BCUT2D eigenvalue weighted by atomic mass is 16.2. The van der Waals surface area contributed by atoms with Crippen molar-refractivity contribution < 1.29 is 14.4 Å². The minimum atomic E-state index is -0.333. The van der Waals surface area contributed by atoms with Gasteiger partial charge in [-0.25, -0.2) is 0 Å². The molecule has 1 aliphatic rings. The van der Waals surface area contributed by atoms with Gasteiger partial charge in [0, 0.05) is 18.5 Å². The molecule has 0 saturated carbocycles. The Morgan fingerprint density at radius 1 is 1.36 bits per heavy atom. The third-order valence-corrected chi connectivity index (χ3v) is 4.12. The van der Waals surface area contributed by atoms with E-state index in [2.05, 4.69) is 19.2 Å². The van der Waals surface area contributed by atoms with Crippen LogP contribution in [0.3, 0.4) is 0 Å². The second-order valence-electron chi connectivity index (χ2n) is 6.11. The molecule has 22 heavy (non-hydrogen) atoms. The highest BCUT2D eigenvalue weighted by molar-refractivity contribution is 6.00. The molecule has 1 heterocycles. The van der Waals surface area contributed by atoms with Crippen LogP contribution in [0.25, 0.3) is 0 Å². The van der Waals surface area contributed by atoms with Gasteiger partial charge in [-0.15, -0.1) is 0 Å². The average Bonchev–Trinajstić information content (AvgIpc) is 2.46. The van der Waals surface area contributed by atoms with Crippen LogP contribution in [0, 0.1) is 0 Å². The van der Waals surface area contributed by atoms with Crippen LogP contribution in [0.1, 0.15) is 54.1 Å². The maximum Gasteiger partial charge on any atom is 0.243 e. The number of imide groups is 1. The largest absolute Gasteiger partial charge is 0.298 e. The summed E-state index contributed by atoms with van der Waals surface area (Å²) in [5.41, 5.74) is 2.72. The van der Waals surface area contributed by atoms with E-state index < -0.39 is 0 Å². The van der Waals surface area contributed by atoms with Gasteiger partial charge in [0.05, 0.1) is 6.04 Å². The van der Waals surface area contributed by atoms with E-state index in [1.54, 1.807) is 0 Å². The third-order valence-electron chi connectivity index (χ3n) is 4.12. The molecule has 2 rings (SSSR count). The van der Waals surface area contributed by atoms with Crippen molar-refractivity contribution >= 4 is 18.1 Å². The Morgan fingerprint density at radius 2 is 2.09 bits per heavy atom. The zero-order valence-corrected chi connectivity index (χ0v) is 13.3. The summed E-state index contributed by atoms with van der Waals surface area (Å²) in [6, 6.07) is 5.48. The fraction of sp³-hybridized carbons (Fsp3) is 0.471. The molecule has 1 fully saturated rings. The lowest BCUT2D eigenvalue weighted by Gasteiger charge is -2.30. The minimum absolute atomic E-state index is 0.218. The maximum atomic E-state index is 11.9. The van der Waals surface area contributed by atoms with Gasteiger partial charge in [-0.2, -0.15) is 0 Å². The normalized spacial score (nSPS) is 18.7. The van der Waals surface area contributed by atoms with Crippen molar-refractivity contribution in [3.05, 3.63) is 34.9 Å². The molecule has 0 spiro atoms. The van der Waals surface area contributed by atoms with Gasteiger partial charge in [0.2, 0.25) is 11.8 Å². The lowest BCUT2D eigenvalue weighted by atomic mass is 9.96. The molecule has 1 atom stereocenters. The molecule has 1 unspecified atom stereocenters. The van der Waals surface area contributed by atoms with Crippen LogP contribution in [0.2, 0.25) is 0 Å². The van der Waals surface area contributed by atoms with Crippen molar-refractivity contribution in [2.24, 2.45) is 0 Å². The van der Waals surface area contributed by atoms with Crippen molar-refractivity contribution in [2.75, 3.05) is 7.05 Å². The van der Waals surface area contributed by atoms with Crippen LogP contribution in [0.4, 0.5) is 0 Å². The number of likely N-dealkylation sites (N-methyl/N-ethyl adjacent to an activating group) is 1. The molecule has 118 valence electrons. The molecule has 0 aliphatic carbocycles. The van der Waals surface area contributed by atoms with E-state index in [4.69, 9.17) is 0 Å². The molecule has 0 radical (unpaired) electrons. The predicted octanol–water partition coefficient (Wildman–Crippen LogP) is 1.86. The van der Waals surface area contributed by atoms with Crippen LogP contribution >= 0.6 is 0 Å². The third kappa shape index (κ3) is 3.60. The number of nitrogens with zero attached hydrogens (tertiary/aromatic N) is 1. The Labute approximate surface area is 130 Å². The lowest BCUT2D eigenvalue weighted by molar-refractivity contribution is -0.137. The van der Waals surface area contributed by atoms with Crippen molar-refractivity contribution in [3.8, 4) is 0 Å². The number of rotatable bonds is 5. The Balaban J connectivity index is 2.18. The summed E-state index contributed by atoms with van der Waals surface area (Å²) in [6.07, 6.45) is 1.71. The van der Waals surface area contributed by atoms with Gasteiger partial charge in [-0.1, -0.05) is 32.0 Å². The number of carbonyl (C=O) groups is 3. The summed E-state index contributed by atoms with van der Waals surface area (Å²) < 4.78 is 0. The Bertz CT molecular complexity index is 596. The number of benzene rings is 1. The summed E-state index contributed by atoms with van der Waals surface area (Å²) >= 11 is 0. The fourth-order valence-corrected chi connectivity index (χ4v) is 2.72. The van der Waals surface area contributed by atoms with Crippen LogP contribution in [0.5, 0.6) is 0 Å². The number of piperidine rings is 1. The minimum Gasteiger partial charge on any atom is -0.298 e. The molecule has 1 aliphatic heterocycles. The molecule has 0 aromatic heterocycles. The monoisotopic (exact) mass is 302 g/mol. The van der Waals surface area contributed by atoms with Gasteiger partial charge < -0.3 is 0 Å². The topological polar surface area (TPSA) is 66.5 Å². The number of carbonyl (C=O) groups excluding carboxylic acids is 3. The number of nitrogens with one attached hydrogen (secondary N) is 1. The lowest BCUT2D eigenvalue weighted by Crippen LogP contribution is -2.51. The van der Waals surface area contributed by atoms with Crippen molar-refractivity contribution in [1.82, 2.24) is 10.2 Å². The van der Waals surface area contributed by atoms with Crippen molar-refractivity contribution in [3.63, 3.8) is 0 Å². The molecule has 1 aromatic carbocycles. The highest BCUT2D eigenvalue weighted by Gasteiger charge is 2.29. The first-order chi connectivity index (χ1) is 10.4. The molecule has 2 amide bonds. The standard InChI is InChI=1S/C17H22N2O3/c1-11(2)12-4-5-13(10-20)14(8-12)9-19(3)15-6-7-16(21)18-17(15)22/h4-5,8,10-11,15H,6-7,9H2,1-3H3,(H,18,21,22). The first-order valence-electron chi connectivity index (χ1n) is 7.54. The average molecular weight is 302 g/mol. The molecular weight excluding hydrogens is 280 g/mol. The summed E-state index contributed by atoms with van der Waals surface area (Å²) in [7, 11) is 1.84. The van der Waals surface area contributed by atoms with Gasteiger partial charge in [0.15, 0.2) is 0 Å². The molecule has 1 N–H and O–H groups in total. The quantitative estimate of drug-likeness (QED) is 0.666. The van der Waals surface area contributed by atoms with Gasteiger partial charge in [0.1, 0.15) is 6.29 Å². The predicted molar refractivity (Wildman–Crippen MR) is 83.6 cm³/mol. The maximum absolute atomic E-state index is 11.9. The van der Waals surface area contributed by atoms with Crippen LogP contribution in [-0.4, -0.2) is 36.1 Å². The van der Waals surface area contributed by atoms with E-state index in [-0.39, 0.29) is 17.9 Å². The van der Waals surface area contributed by atoms with E-state index in [1.165, 1.54) is 0 Å². The number of hydrogen-bond acceptors (Lipinski definition) is 4. The first-order valence-corrected chi connectivity index (χ1v) is 7.54. The Hall–Kier alpha value is -2.01. The molecular formula is C17H22N2O3. The molecule has 5 heteroatoms. The molecule has 1 saturated heterocycles. The smallest absolute Gasteiger partial charge is 0.243 e. The van der Waals surface area contributed by atoms with Gasteiger partial charge in [-0.3, -0.25) is 24.6 Å². The van der Waals surface area contributed by atoms with Gasteiger partial charge in [0.25, 0.3) is 0 Å². The van der Waals surface area contributed by atoms with Crippen LogP contribution in [-0.2, 0) is 16.1 Å². The number of hydrogen-bond donors (Lipinski definition) is 1. The zero-order valence-electron chi connectivity index (χ0n) is 13.3. The van der Waals surface area contributed by atoms with Crippen molar-refractivity contribution in [2.45, 2.75) is 45.2 Å². The number of aldehydes is 1.